The van der Waals surface area contributed by atoms with Crippen LogP contribution in [-0.4, -0.2) is 23.4 Å². The van der Waals surface area contributed by atoms with Crippen molar-refractivity contribution in [1.29, 1.82) is 0 Å². The molecule has 0 atom stereocenters. The van der Waals surface area contributed by atoms with E-state index in [1.54, 1.807) is 0 Å². The van der Waals surface area contributed by atoms with E-state index in [-0.39, 0.29) is 16.9 Å². The van der Waals surface area contributed by atoms with E-state index >= 15 is 0 Å². The Labute approximate surface area is 295 Å². The minimum atomic E-state index is 0.0713. The zero-order valence-corrected chi connectivity index (χ0v) is 29.9. The molecular formula is C47H48O3. The Bertz CT molecular complexity index is 2340. The molecule has 1 saturated heterocycles. The summed E-state index contributed by atoms with van der Waals surface area (Å²) < 4.78 is 5.80. The van der Waals surface area contributed by atoms with Crippen molar-refractivity contribution in [1.82, 2.24) is 0 Å². The second kappa shape index (κ2) is 12.9. The quantitative estimate of drug-likeness (QED) is 0.0969. The molecule has 1 aliphatic heterocycles. The molecular weight excluding hydrogens is 613 g/mol. The van der Waals surface area contributed by atoms with Gasteiger partial charge < -0.3 is 14.9 Å². The summed E-state index contributed by atoms with van der Waals surface area (Å²) in [5.41, 5.74) is 8.79. The number of hydrogen-bond acceptors (Lipinski definition) is 3. The molecule has 1 fully saturated rings. The number of rotatable bonds is 8. The van der Waals surface area contributed by atoms with E-state index in [0.29, 0.717) is 5.92 Å². The zero-order chi connectivity index (χ0) is 34.6. The summed E-state index contributed by atoms with van der Waals surface area (Å²) in [4.78, 5) is 0. The van der Waals surface area contributed by atoms with Crippen LogP contribution in [0, 0.1) is 0 Å². The maximum absolute atomic E-state index is 11.3. The summed E-state index contributed by atoms with van der Waals surface area (Å²) in [6, 6.07) is 32.6. The molecule has 1 heterocycles. The predicted molar refractivity (Wildman–Crippen MR) is 211 cm³/mol. The number of ether oxygens (including phenoxy) is 1. The average molecular weight is 661 g/mol. The van der Waals surface area contributed by atoms with Crippen LogP contribution in [0.3, 0.4) is 0 Å². The third-order valence-corrected chi connectivity index (χ3v) is 11.2. The van der Waals surface area contributed by atoms with Gasteiger partial charge in [-0.15, -0.1) is 0 Å². The second-order valence-corrected chi connectivity index (χ2v) is 15.6. The molecule has 3 nitrogen and oxygen atoms in total. The van der Waals surface area contributed by atoms with Gasteiger partial charge in [0, 0.05) is 13.2 Å². The number of unbranched alkanes of at least 4 members (excludes halogenated alkanes) is 3. The van der Waals surface area contributed by atoms with Crippen LogP contribution in [0.25, 0.3) is 65.3 Å². The fraction of sp³-hybridized carbons (Fsp3) is 0.319. The van der Waals surface area contributed by atoms with Gasteiger partial charge >= 0.3 is 0 Å². The predicted octanol–water partition coefficient (Wildman–Crippen LogP) is 12.8. The molecule has 7 aromatic carbocycles. The van der Waals surface area contributed by atoms with E-state index in [0.717, 1.165) is 92.3 Å². The average Bonchev–Trinajstić information content (AvgIpc) is 3.11. The van der Waals surface area contributed by atoms with Gasteiger partial charge in [-0.25, -0.2) is 0 Å². The van der Waals surface area contributed by atoms with Crippen LogP contribution in [-0.2, 0) is 16.6 Å². The molecule has 0 aliphatic carbocycles. The summed E-state index contributed by atoms with van der Waals surface area (Å²) in [5, 5.41) is 31.1. The number of benzene rings is 7. The molecule has 0 radical (unpaired) electrons. The van der Waals surface area contributed by atoms with E-state index < -0.39 is 0 Å². The lowest BCUT2D eigenvalue weighted by atomic mass is 9.81. The van der Waals surface area contributed by atoms with E-state index in [1.807, 2.05) is 24.3 Å². The van der Waals surface area contributed by atoms with Crippen molar-refractivity contribution in [2.75, 3.05) is 13.2 Å². The maximum atomic E-state index is 11.3. The first-order chi connectivity index (χ1) is 24.2. The SMILES string of the molecule is CCCCCCc1ccc(-c2ccc3c4ccc(-c5ccc(C(C)(C)C)cc5)c5cc(O)cc(c6cc(O)cc2c36)c54)c(C2CCOCC2)c1. The van der Waals surface area contributed by atoms with Crippen LogP contribution in [0.4, 0.5) is 0 Å². The summed E-state index contributed by atoms with van der Waals surface area (Å²) >= 11 is 0. The molecule has 1 aliphatic rings. The highest BCUT2D eigenvalue weighted by atomic mass is 16.5. The Hall–Kier alpha value is -4.60. The third kappa shape index (κ3) is 5.76. The number of aryl methyl sites for hydroxylation is 1. The summed E-state index contributed by atoms with van der Waals surface area (Å²) in [5.74, 6) is 0.903. The van der Waals surface area contributed by atoms with Gasteiger partial charge in [0.05, 0.1) is 0 Å². The number of fused-ring (bicyclic) bond motifs is 2. The van der Waals surface area contributed by atoms with Gasteiger partial charge in [-0.2, -0.15) is 0 Å². The van der Waals surface area contributed by atoms with Crippen molar-refractivity contribution < 1.29 is 14.9 Å². The molecule has 0 spiro atoms. The highest BCUT2D eigenvalue weighted by Crippen LogP contribution is 2.48. The fourth-order valence-electron chi connectivity index (χ4n) is 8.56. The van der Waals surface area contributed by atoms with Gasteiger partial charge in [0.2, 0.25) is 0 Å². The maximum Gasteiger partial charge on any atom is 0.116 e. The van der Waals surface area contributed by atoms with Gasteiger partial charge in [-0.3, -0.25) is 0 Å². The van der Waals surface area contributed by atoms with Crippen LogP contribution in [0.1, 0.15) is 88.8 Å². The first-order valence-corrected chi connectivity index (χ1v) is 18.6. The molecule has 3 heteroatoms. The molecule has 254 valence electrons. The van der Waals surface area contributed by atoms with E-state index in [9.17, 15) is 10.2 Å². The third-order valence-electron chi connectivity index (χ3n) is 11.2. The minimum Gasteiger partial charge on any atom is -0.508 e. The van der Waals surface area contributed by atoms with Crippen LogP contribution >= 0.6 is 0 Å². The van der Waals surface area contributed by atoms with Gasteiger partial charge in [-0.05, 0) is 143 Å². The van der Waals surface area contributed by atoms with Crippen LogP contribution < -0.4 is 0 Å². The number of aromatic hydroxyl groups is 2. The highest BCUT2D eigenvalue weighted by molar-refractivity contribution is 6.35. The van der Waals surface area contributed by atoms with E-state index in [2.05, 4.69) is 94.4 Å². The number of phenolic OH excluding ortho intramolecular Hbond substituents is 2. The number of hydrogen-bond donors (Lipinski definition) is 2. The summed E-state index contributed by atoms with van der Waals surface area (Å²) in [6.07, 6.45) is 8.17. The Morgan fingerprint density at radius 3 is 1.80 bits per heavy atom. The van der Waals surface area contributed by atoms with Crippen molar-refractivity contribution in [3.63, 3.8) is 0 Å². The molecule has 7 aromatic rings. The van der Waals surface area contributed by atoms with Crippen LogP contribution in [0.5, 0.6) is 11.5 Å². The molecule has 0 saturated carbocycles. The van der Waals surface area contributed by atoms with Crippen molar-refractivity contribution >= 4 is 43.1 Å². The Morgan fingerprint density at radius 1 is 0.600 bits per heavy atom. The fourth-order valence-corrected chi connectivity index (χ4v) is 8.56. The minimum absolute atomic E-state index is 0.0713. The molecule has 0 unspecified atom stereocenters. The standard InChI is InChI=1S/C47H48O3/c1-5-6-7-8-9-29-10-15-36(40(24-29)31-20-22-50-23-21-31)37-17-19-39-38-18-16-35(30-11-13-32(14-12-30)47(2,3)4)41-25-33(48)27-43(45(38)41)44-28-34(49)26-42(37)46(39)44/h10-19,24-28,31,48-49H,5-9,20-23H2,1-4H3. The lowest BCUT2D eigenvalue weighted by Crippen LogP contribution is -2.15. The van der Waals surface area contributed by atoms with Gasteiger partial charge in [0.15, 0.2) is 0 Å². The molecule has 0 aromatic heterocycles. The van der Waals surface area contributed by atoms with Gasteiger partial charge in [0.25, 0.3) is 0 Å². The Morgan fingerprint density at radius 2 is 1.18 bits per heavy atom. The smallest absolute Gasteiger partial charge is 0.116 e. The van der Waals surface area contributed by atoms with Crippen molar-refractivity contribution in [2.24, 2.45) is 0 Å². The summed E-state index contributed by atoms with van der Waals surface area (Å²) in [6.45, 7) is 10.6. The van der Waals surface area contributed by atoms with E-state index in [1.165, 1.54) is 47.9 Å². The van der Waals surface area contributed by atoms with Crippen LogP contribution in [0.2, 0.25) is 0 Å². The van der Waals surface area contributed by atoms with Crippen LogP contribution in [0.15, 0.2) is 91.0 Å². The van der Waals surface area contributed by atoms with Gasteiger partial charge in [0.1, 0.15) is 11.5 Å². The normalized spacial score (nSPS) is 14.5. The monoisotopic (exact) mass is 660 g/mol. The molecule has 2 N–H and O–H groups in total. The van der Waals surface area contributed by atoms with E-state index in [4.69, 9.17) is 4.74 Å². The highest BCUT2D eigenvalue weighted by Gasteiger charge is 2.24. The second-order valence-electron chi connectivity index (χ2n) is 15.6. The Kier molecular flexibility index (Phi) is 8.43. The van der Waals surface area contributed by atoms with Crippen molar-refractivity contribution in [2.45, 2.75) is 84.0 Å². The lowest BCUT2D eigenvalue weighted by Gasteiger charge is -2.26. The van der Waals surface area contributed by atoms with Crippen molar-refractivity contribution in [3.05, 3.63) is 108 Å². The molecule has 0 bridgehead atoms. The molecule has 8 rings (SSSR count). The van der Waals surface area contributed by atoms with Crippen molar-refractivity contribution in [3.8, 4) is 33.8 Å². The first kappa shape index (κ1) is 32.6. The topological polar surface area (TPSA) is 49.7 Å². The Balaban J connectivity index is 1.34. The molecule has 0 amide bonds. The molecule has 50 heavy (non-hydrogen) atoms. The number of phenols is 2. The first-order valence-electron chi connectivity index (χ1n) is 18.6. The zero-order valence-electron chi connectivity index (χ0n) is 29.9. The largest absolute Gasteiger partial charge is 0.508 e. The lowest BCUT2D eigenvalue weighted by molar-refractivity contribution is 0.0854. The summed E-state index contributed by atoms with van der Waals surface area (Å²) in [7, 11) is 0. The van der Waals surface area contributed by atoms with Gasteiger partial charge in [-0.1, -0.05) is 114 Å².